The van der Waals surface area contributed by atoms with Crippen LogP contribution in [0.15, 0.2) is 6.20 Å². The number of likely N-dealkylation sites (tertiary alicyclic amines) is 1. The Morgan fingerprint density at radius 3 is 2.57 bits per heavy atom. The molecule has 14 heavy (non-hydrogen) atoms. The number of likely N-dealkylation sites (N-methyl/N-ethyl adjacent to an activating group) is 1. The third-order valence-corrected chi connectivity index (χ3v) is 3.00. The summed E-state index contributed by atoms with van der Waals surface area (Å²) in [6, 6.07) is 0.253. The Morgan fingerprint density at radius 2 is 2.14 bits per heavy atom. The second kappa shape index (κ2) is 3.37. The lowest BCUT2D eigenvalue weighted by molar-refractivity contribution is 0.407. The first kappa shape index (κ1) is 9.68. The van der Waals surface area contributed by atoms with Gasteiger partial charge in [0.1, 0.15) is 0 Å². The van der Waals surface area contributed by atoms with Crippen LogP contribution in [0.5, 0.6) is 0 Å². The lowest BCUT2D eigenvalue weighted by Crippen LogP contribution is -2.28. The standard InChI is InChI=1S/C10H18N4/c1-7-8(5-14(3)12-7)9-4-13(2)6-10(9)11/h5,9-10H,4,6,11H2,1-3H3. The first-order valence-corrected chi connectivity index (χ1v) is 5.02. The molecule has 0 aromatic carbocycles. The van der Waals surface area contributed by atoms with Crippen LogP contribution in [0.3, 0.4) is 0 Å². The topological polar surface area (TPSA) is 47.1 Å². The Morgan fingerprint density at radius 1 is 1.43 bits per heavy atom. The van der Waals surface area contributed by atoms with Gasteiger partial charge in [-0.1, -0.05) is 0 Å². The molecule has 2 rings (SSSR count). The minimum Gasteiger partial charge on any atom is -0.326 e. The van der Waals surface area contributed by atoms with Crippen molar-refractivity contribution < 1.29 is 0 Å². The van der Waals surface area contributed by atoms with E-state index in [0.717, 1.165) is 18.8 Å². The molecule has 1 saturated heterocycles. The van der Waals surface area contributed by atoms with E-state index < -0.39 is 0 Å². The quantitative estimate of drug-likeness (QED) is 0.689. The lowest BCUT2D eigenvalue weighted by atomic mass is 9.96. The van der Waals surface area contributed by atoms with Crippen LogP contribution in [0.2, 0.25) is 0 Å². The Kier molecular flexibility index (Phi) is 2.33. The molecule has 0 aliphatic carbocycles. The van der Waals surface area contributed by atoms with E-state index in [9.17, 15) is 0 Å². The van der Waals surface area contributed by atoms with E-state index in [4.69, 9.17) is 5.73 Å². The van der Waals surface area contributed by atoms with Crippen molar-refractivity contribution in [3.8, 4) is 0 Å². The van der Waals surface area contributed by atoms with Gasteiger partial charge in [0.15, 0.2) is 0 Å². The first-order valence-electron chi connectivity index (χ1n) is 5.02. The van der Waals surface area contributed by atoms with Gasteiger partial charge in [-0.2, -0.15) is 5.10 Å². The molecule has 4 heteroatoms. The molecule has 2 heterocycles. The molecule has 1 fully saturated rings. The molecule has 0 saturated carbocycles. The zero-order chi connectivity index (χ0) is 10.3. The van der Waals surface area contributed by atoms with Crippen molar-refractivity contribution in [2.24, 2.45) is 12.8 Å². The number of aryl methyl sites for hydroxylation is 2. The molecule has 78 valence electrons. The second-order valence-corrected chi connectivity index (χ2v) is 4.34. The predicted octanol–water partition coefficient (Wildman–Crippen LogP) is 0.0848. The molecule has 0 spiro atoms. The maximum atomic E-state index is 6.10. The Balaban J connectivity index is 2.26. The second-order valence-electron chi connectivity index (χ2n) is 4.34. The molecule has 4 nitrogen and oxygen atoms in total. The Labute approximate surface area is 84.7 Å². The van der Waals surface area contributed by atoms with Gasteiger partial charge >= 0.3 is 0 Å². The van der Waals surface area contributed by atoms with Crippen LogP contribution in [0, 0.1) is 6.92 Å². The molecular formula is C10H18N4. The van der Waals surface area contributed by atoms with Crippen molar-refractivity contribution in [1.82, 2.24) is 14.7 Å². The third kappa shape index (κ3) is 1.55. The maximum Gasteiger partial charge on any atom is 0.0629 e. The molecule has 0 radical (unpaired) electrons. The summed E-state index contributed by atoms with van der Waals surface area (Å²) < 4.78 is 1.87. The summed E-state index contributed by atoms with van der Waals surface area (Å²) in [7, 11) is 4.08. The molecule has 2 unspecified atom stereocenters. The molecule has 1 aromatic rings. The van der Waals surface area contributed by atoms with Crippen LogP contribution in [0.25, 0.3) is 0 Å². The minimum absolute atomic E-state index is 0.253. The molecule has 1 aliphatic rings. The van der Waals surface area contributed by atoms with Gasteiger partial charge in [0, 0.05) is 38.3 Å². The van der Waals surface area contributed by atoms with Crippen molar-refractivity contribution >= 4 is 0 Å². The summed E-state index contributed by atoms with van der Waals surface area (Å²) in [6.07, 6.45) is 2.10. The van der Waals surface area contributed by atoms with Crippen molar-refractivity contribution in [1.29, 1.82) is 0 Å². The Bertz CT molecular complexity index is 331. The molecule has 1 aromatic heterocycles. The van der Waals surface area contributed by atoms with E-state index in [2.05, 4.69) is 30.2 Å². The normalized spacial score (nSPS) is 28.6. The highest BCUT2D eigenvalue weighted by Crippen LogP contribution is 2.27. The molecule has 2 N–H and O–H groups in total. The number of hydrogen-bond donors (Lipinski definition) is 1. The fraction of sp³-hybridized carbons (Fsp3) is 0.700. The van der Waals surface area contributed by atoms with Crippen molar-refractivity contribution in [2.75, 3.05) is 20.1 Å². The molecular weight excluding hydrogens is 176 g/mol. The van der Waals surface area contributed by atoms with E-state index in [1.165, 1.54) is 5.56 Å². The van der Waals surface area contributed by atoms with E-state index >= 15 is 0 Å². The van der Waals surface area contributed by atoms with E-state index in [1.807, 2.05) is 11.7 Å². The highest BCUT2D eigenvalue weighted by atomic mass is 15.3. The number of aromatic nitrogens is 2. The number of nitrogens with two attached hydrogens (primary N) is 1. The summed E-state index contributed by atoms with van der Waals surface area (Å²) in [5.41, 5.74) is 8.52. The molecule has 1 aliphatic heterocycles. The largest absolute Gasteiger partial charge is 0.326 e. The van der Waals surface area contributed by atoms with Gasteiger partial charge in [-0.15, -0.1) is 0 Å². The average molecular weight is 194 g/mol. The van der Waals surface area contributed by atoms with Crippen molar-refractivity contribution in [2.45, 2.75) is 18.9 Å². The highest BCUT2D eigenvalue weighted by Gasteiger charge is 2.31. The van der Waals surface area contributed by atoms with Crippen LogP contribution >= 0.6 is 0 Å². The summed E-state index contributed by atoms with van der Waals surface area (Å²) in [5, 5.41) is 4.36. The Hall–Kier alpha value is -0.870. The van der Waals surface area contributed by atoms with Crippen molar-refractivity contribution in [3.05, 3.63) is 17.5 Å². The van der Waals surface area contributed by atoms with Gasteiger partial charge in [-0.3, -0.25) is 4.68 Å². The number of hydrogen-bond acceptors (Lipinski definition) is 3. The summed E-state index contributed by atoms with van der Waals surface area (Å²) in [5.74, 6) is 0.452. The molecule has 0 bridgehead atoms. The number of rotatable bonds is 1. The first-order chi connectivity index (χ1) is 6.58. The summed E-state index contributed by atoms with van der Waals surface area (Å²) in [6.45, 7) is 4.09. The third-order valence-electron chi connectivity index (χ3n) is 3.00. The van der Waals surface area contributed by atoms with Gasteiger partial charge in [0.2, 0.25) is 0 Å². The molecule has 0 amide bonds. The van der Waals surface area contributed by atoms with Crippen LogP contribution in [0.1, 0.15) is 17.2 Å². The van der Waals surface area contributed by atoms with Gasteiger partial charge in [-0.05, 0) is 19.5 Å². The zero-order valence-electron chi connectivity index (χ0n) is 9.07. The molecule has 2 atom stereocenters. The van der Waals surface area contributed by atoms with Crippen LogP contribution < -0.4 is 5.73 Å². The summed E-state index contributed by atoms with van der Waals surface area (Å²) >= 11 is 0. The van der Waals surface area contributed by atoms with E-state index in [0.29, 0.717) is 5.92 Å². The van der Waals surface area contributed by atoms with Crippen molar-refractivity contribution in [3.63, 3.8) is 0 Å². The van der Waals surface area contributed by atoms with Crippen LogP contribution in [-0.4, -0.2) is 40.9 Å². The minimum atomic E-state index is 0.253. The average Bonchev–Trinajstić information content (AvgIpc) is 2.55. The SMILES string of the molecule is Cc1nn(C)cc1C1CN(C)CC1N. The summed E-state index contributed by atoms with van der Waals surface area (Å²) in [4.78, 5) is 2.28. The smallest absolute Gasteiger partial charge is 0.0629 e. The lowest BCUT2D eigenvalue weighted by Gasteiger charge is -2.12. The van der Waals surface area contributed by atoms with Crippen LogP contribution in [-0.2, 0) is 7.05 Å². The van der Waals surface area contributed by atoms with E-state index in [-0.39, 0.29) is 6.04 Å². The fourth-order valence-electron chi connectivity index (χ4n) is 2.34. The highest BCUT2D eigenvalue weighted by molar-refractivity contribution is 5.24. The maximum absolute atomic E-state index is 6.10. The van der Waals surface area contributed by atoms with Gasteiger partial charge in [0.25, 0.3) is 0 Å². The van der Waals surface area contributed by atoms with E-state index in [1.54, 1.807) is 0 Å². The van der Waals surface area contributed by atoms with Crippen LogP contribution in [0.4, 0.5) is 0 Å². The number of nitrogens with zero attached hydrogens (tertiary/aromatic N) is 3. The zero-order valence-corrected chi connectivity index (χ0v) is 9.07. The monoisotopic (exact) mass is 194 g/mol. The van der Waals surface area contributed by atoms with Gasteiger partial charge < -0.3 is 10.6 Å². The predicted molar refractivity (Wildman–Crippen MR) is 56.2 cm³/mol. The fourth-order valence-corrected chi connectivity index (χ4v) is 2.34. The van der Waals surface area contributed by atoms with Gasteiger partial charge in [0.05, 0.1) is 5.69 Å². The van der Waals surface area contributed by atoms with Gasteiger partial charge in [-0.25, -0.2) is 0 Å².